The molecule has 0 radical (unpaired) electrons. The zero-order chi connectivity index (χ0) is 17.8. The number of nitrogens with zero attached hydrogens (tertiary/aromatic N) is 3. The molecule has 1 heterocycles. The third kappa shape index (κ3) is 3.83. The quantitative estimate of drug-likeness (QED) is 0.778. The Morgan fingerprint density at radius 1 is 1.00 bits per heavy atom. The molecule has 25 heavy (non-hydrogen) atoms. The molecule has 0 saturated carbocycles. The van der Waals surface area contributed by atoms with E-state index in [2.05, 4.69) is 9.97 Å². The Morgan fingerprint density at radius 2 is 1.68 bits per heavy atom. The Bertz CT molecular complexity index is 894. The Labute approximate surface area is 147 Å². The van der Waals surface area contributed by atoms with Gasteiger partial charge in [-0.05, 0) is 37.6 Å². The standard InChI is InChI=1S/C20H21N3O2/c1-14-15(2)22-19-12-17(8-9-18(19)21-14)20(25)23(10-11-24)13-16-6-4-3-5-7-16/h3-9,12,24H,10-11,13H2,1-2H3. The van der Waals surface area contributed by atoms with Gasteiger partial charge in [0.05, 0.1) is 29.0 Å². The van der Waals surface area contributed by atoms with Crippen LogP contribution in [0.4, 0.5) is 0 Å². The second-order valence-corrected chi connectivity index (χ2v) is 6.03. The number of aromatic nitrogens is 2. The summed E-state index contributed by atoms with van der Waals surface area (Å²) < 4.78 is 0. The third-order valence-corrected chi connectivity index (χ3v) is 4.20. The van der Waals surface area contributed by atoms with Crippen LogP contribution < -0.4 is 0 Å². The monoisotopic (exact) mass is 335 g/mol. The number of aliphatic hydroxyl groups is 1. The number of hydrogen-bond donors (Lipinski definition) is 1. The summed E-state index contributed by atoms with van der Waals surface area (Å²) in [6.45, 7) is 4.49. The first-order valence-corrected chi connectivity index (χ1v) is 8.27. The molecule has 0 unspecified atom stereocenters. The zero-order valence-corrected chi connectivity index (χ0v) is 14.4. The Balaban J connectivity index is 1.91. The van der Waals surface area contributed by atoms with Crippen LogP contribution in [0.5, 0.6) is 0 Å². The smallest absolute Gasteiger partial charge is 0.254 e. The van der Waals surface area contributed by atoms with Gasteiger partial charge in [0.25, 0.3) is 5.91 Å². The van der Waals surface area contributed by atoms with Crippen LogP contribution in [0, 0.1) is 13.8 Å². The molecule has 3 rings (SSSR count). The minimum absolute atomic E-state index is 0.0791. The molecule has 0 spiro atoms. The molecule has 0 aliphatic rings. The first kappa shape index (κ1) is 17.0. The maximum Gasteiger partial charge on any atom is 0.254 e. The summed E-state index contributed by atoms with van der Waals surface area (Å²) in [7, 11) is 0. The highest BCUT2D eigenvalue weighted by atomic mass is 16.3. The number of aryl methyl sites for hydroxylation is 2. The SMILES string of the molecule is Cc1nc2ccc(C(=O)N(CCO)Cc3ccccc3)cc2nc1C. The number of amides is 1. The Morgan fingerprint density at radius 3 is 2.36 bits per heavy atom. The van der Waals surface area contributed by atoms with Crippen LogP contribution >= 0.6 is 0 Å². The van der Waals surface area contributed by atoms with Crippen molar-refractivity contribution in [1.29, 1.82) is 0 Å². The molecule has 5 heteroatoms. The van der Waals surface area contributed by atoms with E-state index in [0.717, 1.165) is 22.5 Å². The van der Waals surface area contributed by atoms with E-state index in [9.17, 15) is 9.90 Å². The van der Waals surface area contributed by atoms with E-state index >= 15 is 0 Å². The topological polar surface area (TPSA) is 66.3 Å². The highest BCUT2D eigenvalue weighted by molar-refractivity contribution is 5.97. The first-order chi connectivity index (χ1) is 12.1. The predicted molar refractivity (Wildman–Crippen MR) is 97.3 cm³/mol. The lowest BCUT2D eigenvalue weighted by atomic mass is 10.1. The van der Waals surface area contributed by atoms with E-state index in [-0.39, 0.29) is 19.1 Å². The van der Waals surface area contributed by atoms with Gasteiger partial charge in [0, 0.05) is 18.7 Å². The van der Waals surface area contributed by atoms with Gasteiger partial charge in [-0.2, -0.15) is 0 Å². The lowest BCUT2D eigenvalue weighted by Gasteiger charge is -2.22. The van der Waals surface area contributed by atoms with Crippen LogP contribution in [-0.2, 0) is 6.54 Å². The second-order valence-electron chi connectivity index (χ2n) is 6.03. The van der Waals surface area contributed by atoms with Crippen molar-refractivity contribution in [3.63, 3.8) is 0 Å². The zero-order valence-electron chi connectivity index (χ0n) is 14.4. The molecule has 0 saturated heterocycles. The van der Waals surface area contributed by atoms with Crippen LogP contribution in [0.1, 0.15) is 27.3 Å². The summed E-state index contributed by atoms with van der Waals surface area (Å²) in [6.07, 6.45) is 0. The molecular weight excluding hydrogens is 314 g/mol. The minimum atomic E-state index is -0.125. The largest absolute Gasteiger partial charge is 0.395 e. The average molecular weight is 335 g/mol. The lowest BCUT2D eigenvalue weighted by Crippen LogP contribution is -2.33. The molecule has 1 amide bonds. The van der Waals surface area contributed by atoms with Crippen molar-refractivity contribution in [2.75, 3.05) is 13.2 Å². The van der Waals surface area contributed by atoms with Crippen molar-refractivity contribution in [2.45, 2.75) is 20.4 Å². The fraction of sp³-hybridized carbons (Fsp3) is 0.250. The van der Waals surface area contributed by atoms with E-state index in [1.54, 1.807) is 17.0 Å². The number of carbonyl (C=O) groups is 1. The summed E-state index contributed by atoms with van der Waals surface area (Å²) in [5.41, 5.74) is 4.80. The molecule has 128 valence electrons. The van der Waals surface area contributed by atoms with Crippen molar-refractivity contribution >= 4 is 16.9 Å². The van der Waals surface area contributed by atoms with Gasteiger partial charge < -0.3 is 10.0 Å². The van der Waals surface area contributed by atoms with Gasteiger partial charge in [0.2, 0.25) is 0 Å². The molecule has 0 aliphatic carbocycles. The normalized spacial score (nSPS) is 10.8. The summed E-state index contributed by atoms with van der Waals surface area (Å²) in [4.78, 5) is 23.6. The van der Waals surface area contributed by atoms with Gasteiger partial charge in [0.1, 0.15) is 0 Å². The predicted octanol–water partition coefficient (Wildman–Crippen LogP) is 2.88. The molecule has 1 aromatic heterocycles. The molecule has 0 atom stereocenters. The van der Waals surface area contributed by atoms with E-state index in [0.29, 0.717) is 17.6 Å². The highest BCUT2D eigenvalue weighted by Gasteiger charge is 2.17. The number of benzene rings is 2. The van der Waals surface area contributed by atoms with Gasteiger partial charge in [-0.1, -0.05) is 30.3 Å². The summed E-state index contributed by atoms with van der Waals surface area (Å²) in [6, 6.07) is 15.1. The maximum absolute atomic E-state index is 12.9. The molecule has 0 aliphatic heterocycles. The van der Waals surface area contributed by atoms with Crippen LogP contribution in [0.15, 0.2) is 48.5 Å². The molecule has 5 nitrogen and oxygen atoms in total. The Kier molecular flexibility index (Phi) is 5.05. The fourth-order valence-electron chi connectivity index (χ4n) is 2.72. The van der Waals surface area contributed by atoms with E-state index < -0.39 is 0 Å². The number of hydrogen-bond acceptors (Lipinski definition) is 4. The van der Waals surface area contributed by atoms with Crippen molar-refractivity contribution in [3.05, 3.63) is 71.0 Å². The van der Waals surface area contributed by atoms with E-state index in [1.165, 1.54) is 0 Å². The molecule has 1 N–H and O–H groups in total. The maximum atomic E-state index is 12.9. The van der Waals surface area contributed by atoms with E-state index in [4.69, 9.17) is 0 Å². The number of fused-ring (bicyclic) bond motifs is 1. The summed E-state index contributed by atoms with van der Waals surface area (Å²) in [5.74, 6) is -0.125. The van der Waals surface area contributed by atoms with Crippen molar-refractivity contribution in [2.24, 2.45) is 0 Å². The fourth-order valence-corrected chi connectivity index (χ4v) is 2.72. The van der Waals surface area contributed by atoms with Crippen LogP contribution in [-0.4, -0.2) is 39.0 Å². The van der Waals surface area contributed by atoms with Gasteiger partial charge in [0.15, 0.2) is 0 Å². The highest BCUT2D eigenvalue weighted by Crippen LogP contribution is 2.17. The van der Waals surface area contributed by atoms with Crippen molar-refractivity contribution in [1.82, 2.24) is 14.9 Å². The van der Waals surface area contributed by atoms with Gasteiger partial charge >= 0.3 is 0 Å². The van der Waals surface area contributed by atoms with Gasteiger partial charge in [-0.3, -0.25) is 4.79 Å². The number of carbonyl (C=O) groups excluding carboxylic acids is 1. The molecule has 3 aromatic rings. The summed E-state index contributed by atoms with van der Waals surface area (Å²) >= 11 is 0. The number of aliphatic hydroxyl groups excluding tert-OH is 1. The molecule has 0 fully saturated rings. The van der Waals surface area contributed by atoms with Crippen molar-refractivity contribution in [3.8, 4) is 0 Å². The number of rotatable bonds is 5. The average Bonchev–Trinajstić information content (AvgIpc) is 2.62. The van der Waals surface area contributed by atoms with Gasteiger partial charge in [-0.15, -0.1) is 0 Å². The van der Waals surface area contributed by atoms with Crippen LogP contribution in [0.3, 0.4) is 0 Å². The third-order valence-electron chi connectivity index (χ3n) is 4.20. The lowest BCUT2D eigenvalue weighted by molar-refractivity contribution is 0.0708. The first-order valence-electron chi connectivity index (χ1n) is 8.27. The molecule has 2 aromatic carbocycles. The van der Waals surface area contributed by atoms with Crippen molar-refractivity contribution < 1.29 is 9.90 Å². The van der Waals surface area contributed by atoms with Gasteiger partial charge in [-0.25, -0.2) is 9.97 Å². The van der Waals surface area contributed by atoms with Crippen LogP contribution in [0.25, 0.3) is 11.0 Å². The second kappa shape index (κ2) is 7.40. The molecular formula is C20H21N3O2. The summed E-state index contributed by atoms with van der Waals surface area (Å²) in [5, 5.41) is 9.33. The van der Waals surface area contributed by atoms with Crippen LogP contribution in [0.2, 0.25) is 0 Å². The Hall–Kier alpha value is -2.79. The van der Waals surface area contributed by atoms with E-state index in [1.807, 2.05) is 50.2 Å². The minimum Gasteiger partial charge on any atom is -0.395 e. The molecule has 0 bridgehead atoms.